The molecule has 0 aromatic heterocycles. The lowest BCUT2D eigenvalue weighted by Crippen LogP contribution is -2.26. The molecule has 1 N–H and O–H groups in total. The zero-order valence-electron chi connectivity index (χ0n) is 14.8. The van der Waals surface area contributed by atoms with Gasteiger partial charge < -0.3 is 4.74 Å². The van der Waals surface area contributed by atoms with E-state index in [2.05, 4.69) is 9.46 Å². The Labute approximate surface area is 168 Å². The van der Waals surface area contributed by atoms with Gasteiger partial charge in [-0.1, -0.05) is 23.7 Å². The first kappa shape index (κ1) is 21.7. The van der Waals surface area contributed by atoms with Crippen molar-refractivity contribution < 1.29 is 23.8 Å². The van der Waals surface area contributed by atoms with Crippen molar-refractivity contribution in [1.82, 2.24) is 4.72 Å². The Morgan fingerprint density at radius 1 is 1.33 bits per heavy atom. The molecule has 148 valence electrons. The molecule has 0 atom stereocenters. The standard InChI is InChI=1S/C18H19ClFNO4S2.H2/c1-12-6-7-13(10-14(12)18(22)25-2)27(23,24)21-8-9-26-11-15-16(19)4-3-5-17(15)20;/h3-7,10,21H,8-9,11H2,1-2H3;1H. The number of ether oxygens (including phenoxy) is 1. The van der Waals surface area contributed by atoms with Gasteiger partial charge in [0.2, 0.25) is 10.0 Å². The number of carbonyl (C=O) groups excluding carboxylic acids is 1. The fraction of sp³-hybridized carbons (Fsp3) is 0.278. The minimum Gasteiger partial charge on any atom is -0.465 e. The van der Waals surface area contributed by atoms with Crippen molar-refractivity contribution >= 4 is 39.4 Å². The average Bonchev–Trinajstić information content (AvgIpc) is 2.63. The molecule has 27 heavy (non-hydrogen) atoms. The van der Waals surface area contributed by atoms with E-state index in [4.69, 9.17) is 11.6 Å². The number of benzene rings is 2. The van der Waals surface area contributed by atoms with Crippen LogP contribution in [0.5, 0.6) is 0 Å². The molecule has 0 saturated heterocycles. The summed E-state index contributed by atoms with van der Waals surface area (Å²) in [6, 6.07) is 8.74. The number of halogens is 2. The summed E-state index contributed by atoms with van der Waals surface area (Å²) in [5.74, 6) is -0.211. The molecule has 0 fully saturated rings. The number of sulfonamides is 1. The van der Waals surface area contributed by atoms with Crippen LogP contribution in [0.2, 0.25) is 5.02 Å². The van der Waals surface area contributed by atoms with Crippen LogP contribution in [-0.2, 0) is 20.5 Å². The van der Waals surface area contributed by atoms with E-state index in [0.717, 1.165) is 0 Å². The number of hydrogen-bond acceptors (Lipinski definition) is 5. The monoisotopic (exact) mass is 433 g/mol. The van der Waals surface area contributed by atoms with Crippen molar-refractivity contribution in [3.8, 4) is 0 Å². The van der Waals surface area contributed by atoms with E-state index < -0.39 is 16.0 Å². The van der Waals surface area contributed by atoms with E-state index in [1.807, 2.05) is 0 Å². The molecular formula is C18H21ClFNO4S2. The number of carbonyl (C=O) groups is 1. The van der Waals surface area contributed by atoms with E-state index in [-0.39, 0.29) is 24.2 Å². The van der Waals surface area contributed by atoms with Crippen molar-refractivity contribution in [1.29, 1.82) is 0 Å². The molecule has 0 radical (unpaired) electrons. The van der Waals surface area contributed by atoms with Crippen LogP contribution in [0.25, 0.3) is 0 Å². The normalized spacial score (nSPS) is 11.4. The van der Waals surface area contributed by atoms with Gasteiger partial charge in [0.05, 0.1) is 17.6 Å². The van der Waals surface area contributed by atoms with E-state index in [9.17, 15) is 17.6 Å². The van der Waals surface area contributed by atoms with Crippen molar-refractivity contribution in [2.24, 2.45) is 0 Å². The van der Waals surface area contributed by atoms with Crippen molar-refractivity contribution in [2.75, 3.05) is 19.4 Å². The zero-order valence-corrected chi connectivity index (χ0v) is 17.2. The van der Waals surface area contributed by atoms with Crippen LogP contribution in [0.15, 0.2) is 41.3 Å². The van der Waals surface area contributed by atoms with E-state index in [0.29, 0.717) is 27.7 Å². The number of hydrogen-bond donors (Lipinski definition) is 1. The molecule has 2 aromatic rings. The fourth-order valence-electron chi connectivity index (χ4n) is 2.27. The second-order valence-corrected chi connectivity index (χ2v) is 8.90. The Bertz CT molecular complexity index is 921. The molecule has 0 spiro atoms. The van der Waals surface area contributed by atoms with Crippen molar-refractivity contribution in [3.63, 3.8) is 0 Å². The third kappa shape index (κ3) is 5.68. The summed E-state index contributed by atoms with van der Waals surface area (Å²) < 4.78 is 45.6. The van der Waals surface area contributed by atoms with Gasteiger partial charge >= 0.3 is 5.97 Å². The molecule has 9 heteroatoms. The zero-order chi connectivity index (χ0) is 20.0. The maximum atomic E-state index is 13.7. The molecule has 0 unspecified atom stereocenters. The first-order valence-corrected chi connectivity index (χ1v) is 11.0. The third-order valence-electron chi connectivity index (χ3n) is 3.77. The van der Waals surface area contributed by atoms with Gasteiger partial charge in [0.25, 0.3) is 0 Å². The van der Waals surface area contributed by atoms with Gasteiger partial charge in [-0.3, -0.25) is 0 Å². The van der Waals surface area contributed by atoms with Crippen LogP contribution in [-0.4, -0.2) is 33.8 Å². The summed E-state index contributed by atoms with van der Waals surface area (Å²) in [6.07, 6.45) is 0. The minimum atomic E-state index is -3.77. The number of thioether (sulfide) groups is 1. The highest BCUT2D eigenvalue weighted by Gasteiger charge is 2.18. The van der Waals surface area contributed by atoms with Crippen LogP contribution in [0.1, 0.15) is 22.9 Å². The Kier molecular flexibility index (Phi) is 7.67. The van der Waals surface area contributed by atoms with Gasteiger partial charge in [0.1, 0.15) is 5.82 Å². The lowest BCUT2D eigenvalue weighted by molar-refractivity contribution is 0.0599. The Morgan fingerprint density at radius 2 is 2.07 bits per heavy atom. The van der Waals surface area contributed by atoms with E-state index in [1.165, 1.54) is 43.1 Å². The number of nitrogens with one attached hydrogen (secondary N) is 1. The number of methoxy groups -OCH3 is 1. The highest BCUT2D eigenvalue weighted by atomic mass is 35.5. The molecule has 2 rings (SSSR count). The second kappa shape index (κ2) is 9.54. The van der Waals surface area contributed by atoms with Crippen molar-refractivity contribution in [2.45, 2.75) is 17.6 Å². The summed E-state index contributed by atoms with van der Waals surface area (Å²) in [5.41, 5.74) is 1.22. The summed E-state index contributed by atoms with van der Waals surface area (Å²) in [6.45, 7) is 1.85. The quantitative estimate of drug-likeness (QED) is 0.502. The van der Waals surface area contributed by atoms with Gasteiger partial charge in [-0.2, -0.15) is 11.8 Å². The molecular weight excluding hydrogens is 413 g/mol. The molecule has 2 aromatic carbocycles. The van der Waals surface area contributed by atoms with Gasteiger partial charge in [0.15, 0.2) is 0 Å². The minimum absolute atomic E-state index is 0. The lowest BCUT2D eigenvalue weighted by Gasteiger charge is -2.10. The Morgan fingerprint density at radius 3 is 2.74 bits per heavy atom. The SMILES string of the molecule is COC(=O)c1cc(S(=O)(=O)NCCSCc2c(F)cccc2Cl)ccc1C.[HH]. The summed E-state index contributed by atoms with van der Waals surface area (Å²) in [5, 5.41) is 0.345. The molecule has 0 aliphatic rings. The predicted octanol–water partition coefficient (Wildman–Crippen LogP) is 4.03. The van der Waals surface area contributed by atoms with Gasteiger partial charge in [-0.25, -0.2) is 22.3 Å². The van der Waals surface area contributed by atoms with Gasteiger partial charge in [-0.05, 0) is 36.8 Å². The molecule has 0 aliphatic heterocycles. The second-order valence-electron chi connectivity index (χ2n) is 5.62. The molecule has 0 heterocycles. The molecule has 0 aliphatic carbocycles. The number of rotatable bonds is 8. The molecule has 0 saturated carbocycles. The summed E-state index contributed by atoms with van der Waals surface area (Å²) in [4.78, 5) is 11.7. The topological polar surface area (TPSA) is 72.5 Å². The fourth-order valence-corrected chi connectivity index (χ4v) is 4.66. The summed E-state index contributed by atoms with van der Waals surface area (Å²) in [7, 11) is -2.54. The third-order valence-corrected chi connectivity index (χ3v) is 6.57. The highest BCUT2D eigenvalue weighted by molar-refractivity contribution is 7.98. The maximum absolute atomic E-state index is 13.7. The maximum Gasteiger partial charge on any atom is 0.338 e. The predicted molar refractivity (Wildman–Crippen MR) is 107 cm³/mol. The average molecular weight is 434 g/mol. The van der Waals surface area contributed by atoms with Crippen LogP contribution in [0, 0.1) is 12.7 Å². The van der Waals surface area contributed by atoms with Crippen LogP contribution in [0.3, 0.4) is 0 Å². The lowest BCUT2D eigenvalue weighted by atomic mass is 10.1. The highest BCUT2D eigenvalue weighted by Crippen LogP contribution is 2.23. The molecule has 0 amide bonds. The molecule has 0 bridgehead atoms. The number of aryl methyl sites for hydroxylation is 1. The molecule has 5 nitrogen and oxygen atoms in total. The summed E-state index contributed by atoms with van der Waals surface area (Å²) >= 11 is 7.32. The van der Waals surface area contributed by atoms with E-state index in [1.54, 1.807) is 19.1 Å². The van der Waals surface area contributed by atoms with Gasteiger partial charge in [0, 0.05) is 30.1 Å². The largest absolute Gasteiger partial charge is 0.465 e. The van der Waals surface area contributed by atoms with E-state index >= 15 is 0 Å². The number of esters is 1. The smallest absolute Gasteiger partial charge is 0.338 e. The first-order valence-electron chi connectivity index (χ1n) is 7.95. The first-order chi connectivity index (χ1) is 12.8. The van der Waals surface area contributed by atoms with Crippen molar-refractivity contribution in [3.05, 3.63) is 63.9 Å². The van der Waals surface area contributed by atoms with Crippen LogP contribution in [0.4, 0.5) is 4.39 Å². The van der Waals surface area contributed by atoms with Crippen LogP contribution >= 0.6 is 23.4 Å². The Hall–Kier alpha value is -1.61. The van der Waals surface area contributed by atoms with Gasteiger partial charge in [-0.15, -0.1) is 0 Å². The Balaban J connectivity index is 0.00000392. The van der Waals surface area contributed by atoms with Crippen LogP contribution < -0.4 is 4.72 Å².